The molecule has 1 saturated heterocycles. The lowest BCUT2D eigenvalue weighted by atomic mass is 10.3. The quantitative estimate of drug-likeness (QED) is 0.827. The van der Waals surface area contributed by atoms with Gasteiger partial charge in [0.05, 0.1) is 28.3 Å². The molecule has 3 nitrogen and oxygen atoms in total. The molecule has 1 fully saturated rings. The van der Waals surface area contributed by atoms with E-state index in [9.17, 15) is 0 Å². The molecule has 1 N–H and O–H groups in total. The van der Waals surface area contributed by atoms with E-state index in [0.717, 1.165) is 36.8 Å². The van der Waals surface area contributed by atoms with E-state index in [1.54, 1.807) is 11.3 Å². The molecule has 0 saturated carbocycles. The predicted octanol–water partition coefficient (Wildman–Crippen LogP) is 1.64. The van der Waals surface area contributed by atoms with Gasteiger partial charge in [0, 0.05) is 6.54 Å². The van der Waals surface area contributed by atoms with Crippen molar-refractivity contribution in [2.75, 3.05) is 13.1 Å². The van der Waals surface area contributed by atoms with Crippen molar-refractivity contribution in [1.29, 1.82) is 0 Å². The molecule has 0 aromatic carbocycles. The Hall–Kier alpha value is -0.450. The summed E-state index contributed by atoms with van der Waals surface area (Å²) in [6.45, 7) is 6.90. The molecular formula is C10H16N2OS. The van der Waals surface area contributed by atoms with Gasteiger partial charge >= 0.3 is 0 Å². The molecule has 0 aliphatic carbocycles. The van der Waals surface area contributed by atoms with Crippen LogP contribution in [-0.2, 0) is 11.3 Å². The summed E-state index contributed by atoms with van der Waals surface area (Å²) in [7, 11) is 0. The first-order valence-electron chi connectivity index (χ1n) is 5.01. The average molecular weight is 212 g/mol. The third-order valence-electron chi connectivity index (χ3n) is 2.46. The minimum absolute atomic E-state index is 0.400. The summed E-state index contributed by atoms with van der Waals surface area (Å²) < 4.78 is 5.79. The van der Waals surface area contributed by atoms with Crippen LogP contribution < -0.4 is 5.32 Å². The summed E-state index contributed by atoms with van der Waals surface area (Å²) >= 11 is 1.74. The molecule has 2 rings (SSSR count). The third-order valence-corrected chi connectivity index (χ3v) is 3.51. The van der Waals surface area contributed by atoms with Crippen molar-refractivity contribution in [3.63, 3.8) is 0 Å². The second kappa shape index (κ2) is 4.38. The van der Waals surface area contributed by atoms with Crippen LogP contribution in [0.1, 0.15) is 22.0 Å². The Bertz CT molecular complexity index is 305. The van der Waals surface area contributed by atoms with Crippen LogP contribution in [0, 0.1) is 13.8 Å². The summed E-state index contributed by atoms with van der Waals surface area (Å²) in [5.41, 5.74) is 1.12. The number of ether oxygens (including phenoxy) is 1. The number of hydrogen-bond donors (Lipinski definition) is 1. The van der Waals surface area contributed by atoms with Gasteiger partial charge in [-0.15, -0.1) is 11.3 Å². The van der Waals surface area contributed by atoms with Gasteiger partial charge in [-0.05, 0) is 26.8 Å². The summed E-state index contributed by atoms with van der Waals surface area (Å²) in [4.78, 5) is 5.65. The van der Waals surface area contributed by atoms with Crippen LogP contribution >= 0.6 is 11.3 Å². The average Bonchev–Trinajstić information content (AvgIpc) is 2.72. The van der Waals surface area contributed by atoms with E-state index >= 15 is 0 Å². The van der Waals surface area contributed by atoms with Crippen LogP contribution in [0.5, 0.6) is 0 Å². The standard InChI is InChI=1S/C10H16N2OS/c1-7-10(14-8(2)12-7)6-13-9-3-4-11-5-9/h9,11H,3-6H2,1-2H3. The van der Waals surface area contributed by atoms with E-state index in [2.05, 4.69) is 17.2 Å². The van der Waals surface area contributed by atoms with Crippen LogP contribution in [0.15, 0.2) is 0 Å². The molecule has 1 aromatic heterocycles. The molecule has 4 heteroatoms. The fourth-order valence-corrected chi connectivity index (χ4v) is 2.53. The molecule has 0 bridgehead atoms. The van der Waals surface area contributed by atoms with Crippen molar-refractivity contribution in [3.05, 3.63) is 15.6 Å². The smallest absolute Gasteiger partial charge is 0.0900 e. The molecule has 0 amide bonds. The van der Waals surface area contributed by atoms with E-state index in [4.69, 9.17) is 4.74 Å². The minimum atomic E-state index is 0.400. The lowest BCUT2D eigenvalue weighted by Crippen LogP contribution is -2.16. The van der Waals surface area contributed by atoms with Crippen molar-refractivity contribution in [2.24, 2.45) is 0 Å². The number of aryl methyl sites for hydroxylation is 2. The van der Waals surface area contributed by atoms with E-state index in [1.807, 2.05) is 6.92 Å². The molecule has 1 atom stereocenters. The zero-order valence-electron chi connectivity index (χ0n) is 8.67. The summed E-state index contributed by atoms with van der Waals surface area (Å²) in [6, 6.07) is 0. The number of aromatic nitrogens is 1. The van der Waals surface area contributed by atoms with E-state index in [0.29, 0.717) is 6.10 Å². The Morgan fingerprint density at radius 2 is 2.43 bits per heavy atom. The molecule has 1 aromatic rings. The Balaban J connectivity index is 1.87. The van der Waals surface area contributed by atoms with E-state index in [1.165, 1.54) is 4.88 Å². The first kappa shape index (κ1) is 10.1. The van der Waals surface area contributed by atoms with Crippen molar-refractivity contribution in [2.45, 2.75) is 33.0 Å². The largest absolute Gasteiger partial charge is 0.371 e. The number of nitrogens with one attached hydrogen (secondary N) is 1. The van der Waals surface area contributed by atoms with Crippen molar-refractivity contribution < 1.29 is 4.74 Å². The number of rotatable bonds is 3. The van der Waals surface area contributed by atoms with Gasteiger partial charge in [-0.2, -0.15) is 0 Å². The second-order valence-electron chi connectivity index (χ2n) is 3.67. The highest BCUT2D eigenvalue weighted by Gasteiger charge is 2.15. The molecular weight excluding hydrogens is 196 g/mol. The van der Waals surface area contributed by atoms with Gasteiger partial charge in [0.15, 0.2) is 0 Å². The van der Waals surface area contributed by atoms with E-state index in [-0.39, 0.29) is 0 Å². The summed E-state index contributed by atoms with van der Waals surface area (Å²) in [5.74, 6) is 0. The number of thiazole rings is 1. The van der Waals surface area contributed by atoms with Gasteiger partial charge in [0.2, 0.25) is 0 Å². The Morgan fingerprint density at radius 3 is 3.00 bits per heavy atom. The lowest BCUT2D eigenvalue weighted by molar-refractivity contribution is 0.0555. The Morgan fingerprint density at radius 1 is 1.57 bits per heavy atom. The van der Waals surface area contributed by atoms with Crippen molar-refractivity contribution in [3.8, 4) is 0 Å². The molecule has 78 valence electrons. The van der Waals surface area contributed by atoms with Crippen molar-refractivity contribution >= 4 is 11.3 Å². The number of nitrogens with zero attached hydrogens (tertiary/aromatic N) is 1. The maximum atomic E-state index is 5.79. The Kier molecular flexibility index (Phi) is 3.15. The number of hydrogen-bond acceptors (Lipinski definition) is 4. The molecule has 1 unspecified atom stereocenters. The maximum Gasteiger partial charge on any atom is 0.0900 e. The van der Waals surface area contributed by atoms with Gasteiger partial charge in [-0.25, -0.2) is 4.98 Å². The van der Waals surface area contributed by atoms with Crippen LogP contribution in [0.3, 0.4) is 0 Å². The van der Waals surface area contributed by atoms with E-state index < -0.39 is 0 Å². The van der Waals surface area contributed by atoms with Gasteiger partial charge in [0.1, 0.15) is 0 Å². The predicted molar refractivity (Wildman–Crippen MR) is 57.7 cm³/mol. The van der Waals surface area contributed by atoms with Crippen LogP contribution in [0.4, 0.5) is 0 Å². The zero-order valence-corrected chi connectivity index (χ0v) is 9.49. The third kappa shape index (κ3) is 2.32. The monoisotopic (exact) mass is 212 g/mol. The summed E-state index contributed by atoms with van der Waals surface area (Å²) in [6.07, 6.45) is 1.54. The Labute approximate surface area is 88.5 Å². The minimum Gasteiger partial charge on any atom is -0.371 e. The molecule has 1 aliphatic rings. The highest BCUT2D eigenvalue weighted by molar-refractivity contribution is 7.11. The fourth-order valence-electron chi connectivity index (χ4n) is 1.67. The molecule has 0 radical (unpaired) electrons. The SMILES string of the molecule is Cc1nc(C)c(COC2CCNC2)s1. The van der Waals surface area contributed by atoms with Gasteiger partial charge in [-0.3, -0.25) is 0 Å². The van der Waals surface area contributed by atoms with Gasteiger partial charge in [0.25, 0.3) is 0 Å². The first-order chi connectivity index (χ1) is 6.75. The molecule has 14 heavy (non-hydrogen) atoms. The van der Waals surface area contributed by atoms with Gasteiger partial charge < -0.3 is 10.1 Å². The van der Waals surface area contributed by atoms with Gasteiger partial charge in [-0.1, -0.05) is 0 Å². The van der Waals surface area contributed by atoms with Crippen LogP contribution in [0.25, 0.3) is 0 Å². The molecule has 2 heterocycles. The second-order valence-corrected chi connectivity index (χ2v) is 4.96. The normalized spacial score (nSPS) is 21.7. The molecule has 0 spiro atoms. The van der Waals surface area contributed by atoms with Crippen LogP contribution in [-0.4, -0.2) is 24.2 Å². The summed E-state index contributed by atoms with van der Waals surface area (Å²) in [5, 5.41) is 4.42. The molecule has 1 aliphatic heterocycles. The first-order valence-corrected chi connectivity index (χ1v) is 5.82. The lowest BCUT2D eigenvalue weighted by Gasteiger charge is -2.08. The van der Waals surface area contributed by atoms with Crippen molar-refractivity contribution in [1.82, 2.24) is 10.3 Å². The highest BCUT2D eigenvalue weighted by atomic mass is 32.1. The maximum absolute atomic E-state index is 5.79. The zero-order chi connectivity index (χ0) is 9.97. The fraction of sp³-hybridized carbons (Fsp3) is 0.700. The highest BCUT2D eigenvalue weighted by Crippen LogP contribution is 2.19. The topological polar surface area (TPSA) is 34.1 Å². The van der Waals surface area contributed by atoms with Crippen LogP contribution in [0.2, 0.25) is 0 Å².